The summed E-state index contributed by atoms with van der Waals surface area (Å²) in [7, 11) is 0. The van der Waals surface area contributed by atoms with Gasteiger partial charge in [-0.1, -0.05) is 11.6 Å². The first kappa shape index (κ1) is 18.0. The summed E-state index contributed by atoms with van der Waals surface area (Å²) in [5.41, 5.74) is 1.47. The van der Waals surface area contributed by atoms with Crippen LogP contribution in [0.2, 0.25) is 0 Å². The smallest absolute Gasteiger partial charge is 0.191 e. The standard InChI is InChI=1S/C18H29N3OS/c1-4-19-18(20-10-7-16-8-11-22-12-9-16)21-14(2)13-17-6-5-15(3)23-17/h5-6,8,14H,4,7,9-13H2,1-3H3,(H2,19,20,21). The Bertz CT molecular complexity index is 536. The van der Waals surface area contributed by atoms with Gasteiger partial charge in [-0.2, -0.15) is 0 Å². The summed E-state index contributed by atoms with van der Waals surface area (Å²) in [5.74, 6) is 0.918. The highest BCUT2D eigenvalue weighted by Crippen LogP contribution is 2.16. The number of aliphatic imine (C=N–C) groups is 1. The summed E-state index contributed by atoms with van der Waals surface area (Å²) in [5, 5.41) is 6.86. The van der Waals surface area contributed by atoms with Gasteiger partial charge in [-0.3, -0.25) is 4.99 Å². The molecule has 0 saturated heterocycles. The summed E-state index contributed by atoms with van der Waals surface area (Å²) in [6.07, 6.45) is 5.30. The molecule has 0 saturated carbocycles. The topological polar surface area (TPSA) is 45.7 Å². The van der Waals surface area contributed by atoms with Gasteiger partial charge in [0.05, 0.1) is 13.2 Å². The summed E-state index contributed by atoms with van der Waals surface area (Å²) < 4.78 is 5.34. The number of hydrogen-bond donors (Lipinski definition) is 2. The molecule has 1 aliphatic heterocycles. The van der Waals surface area contributed by atoms with Crippen LogP contribution < -0.4 is 10.6 Å². The Morgan fingerprint density at radius 3 is 2.96 bits per heavy atom. The monoisotopic (exact) mass is 335 g/mol. The van der Waals surface area contributed by atoms with Gasteiger partial charge >= 0.3 is 0 Å². The second-order valence-electron chi connectivity index (χ2n) is 5.96. The van der Waals surface area contributed by atoms with Crippen molar-refractivity contribution in [2.75, 3.05) is 26.3 Å². The van der Waals surface area contributed by atoms with E-state index in [0.29, 0.717) is 6.04 Å². The fourth-order valence-electron chi connectivity index (χ4n) is 2.60. The molecule has 1 aromatic rings. The van der Waals surface area contributed by atoms with Gasteiger partial charge in [0.15, 0.2) is 5.96 Å². The fraction of sp³-hybridized carbons (Fsp3) is 0.611. The SMILES string of the molecule is CCNC(=NCCC1=CCOCC1)NC(C)Cc1ccc(C)s1. The van der Waals surface area contributed by atoms with E-state index >= 15 is 0 Å². The van der Waals surface area contributed by atoms with Crippen molar-refractivity contribution in [1.29, 1.82) is 0 Å². The number of guanidine groups is 1. The van der Waals surface area contributed by atoms with E-state index in [1.54, 1.807) is 0 Å². The van der Waals surface area contributed by atoms with Gasteiger partial charge in [0.2, 0.25) is 0 Å². The highest BCUT2D eigenvalue weighted by molar-refractivity contribution is 7.11. The molecule has 0 radical (unpaired) electrons. The molecule has 23 heavy (non-hydrogen) atoms. The molecule has 1 atom stereocenters. The van der Waals surface area contributed by atoms with E-state index in [9.17, 15) is 0 Å². The first-order valence-corrected chi connectivity index (χ1v) is 9.35. The minimum absolute atomic E-state index is 0.369. The minimum atomic E-state index is 0.369. The molecular weight excluding hydrogens is 306 g/mol. The van der Waals surface area contributed by atoms with Crippen molar-refractivity contribution in [3.05, 3.63) is 33.5 Å². The Morgan fingerprint density at radius 1 is 1.43 bits per heavy atom. The molecule has 0 spiro atoms. The maximum absolute atomic E-state index is 5.34. The Morgan fingerprint density at radius 2 is 2.30 bits per heavy atom. The molecule has 2 heterocycles. The van der Waals surface area contributed by atoms with Gasteiger partial charge in [0.25, 0.3) is 0 Å². The van der Waals surface area contributed by atoms with Crippen LogP contribution >= 0.6 is 11.3 Å². The average molecular weight is 336 g/mol. The molecule has 0 amide bonds. The van der Waals surface area contributed by atoms with Crippen LogP contribution in [0.1, 0.15) is 36.4 Å². The molecule has 1 aliphatic rings. The molecule has 0 aliphatic carbocycles. The quantitative estimate of drug-likeness (QED) is 0.457. The van der Waals surface area contributed by atoms with Crippen LogP contribution in [0.15, 0.2) is 28.8 Å². The van der Waals surface area contributed by atoms with Crippen molar-refractivity contribution >= 4 is 17.3 Å². The molecule has 0 fully saturated rings. The first-order valence-electron chi connectivity index (χ1n) is 8.53. The lowest BCUT2D eigenvalue weighted by molar-refractivity contribution is 0.153. The third-order valence-corrected chi connectivity index (χ3v) is 4.81. The Kier molecular flexibility index (Phi) is 7.62. The second kappa shape index (κ2) is 9.73. The van der Waals surface area contributed by atoms with E-state index in [4.69, 9.17) is 9.73 Å². The molecule has 1 aromatic heterocycles. The molecule has 5 heteroatoms. The van der Waals surface area contributed by atoms with Crippen LogP contribution in [0.25, 0.3) is 0 Å². The summed E-state index contributed by atoms with van der Waals surface area (Å²) in [4.78, 5) is 7.51. The fourth-order valence-corrected chi connectivity index (χ4v) is 3.62. The molecule has 0 bridgehead atoms. The van der Waals surface area contributed by atoms with Crippen LogP contribution in [0, 0.1) is 6.92 Å². The average Bonchev–Trinajstić information content (AvgIpc) is 2.93. The van der Waals surface area contributed by atoms with Gasteiger partial charge < -0.3 is 15.4 Å². The molecule has 1 unspecified atom stereocenters. The minimum Gasteiger partial charge on any atom is -0.377 e. The van der Waals surface area contributed by atoms with E-state index in [1.807, 2.05) is 11.3 Å². The van der Waals surface area contributed by atoms with E-state index < -0.39 is 0 Å². The van der Waals surface area contributed by atoms with Crippen molar-refractivity contribution in [2.45, 2.75) is 46.1 Å². The number of rotatable bonds is 7. The van der Waals surface area contributed by atoms with Crippen LogP contribution in [0.3, 0.4) is 0 Å². The first-order chi connectivity index (χ1) is 11.2. The van der Waals surface area contributed by atoms with Crippen molar-refractivity contribution in [2.24, 2.45) is 4.99 Å². The number of aryl methyl sites for hydroxylation is 1. The zero-order valence-electron chi connectivity index (χ0n) is 14.5. The zero-order chi connectivity index (χ0) is 16.5. The Balaban J connectivity index is 1.81. The predicted octanol–water partition coefficient (Wildman–Crippen LogP) is 3.28. The van der Waals surface area contributed by atoms with Crippen LogP contribution in [0.4, 0.5) is 0 Å². The maximum atomic E-state index is 5.34. The van der Waals surface area contributed by atoms with Crippen LogP contribution in [0.5, 0.6) is 0 Å². The van der Waals surface area contributed by atoms with Crippen molar-refractivity contribution in [3.63, 3.8) is 0 Å². The molecule has 128 valence electrons. The number of nitrogens with zero attached hydrogens (tertiary/aromatic N) is 1. The predicted molar refractivity (Wildman–Crippen MR) is 99.5 cm³/mol. The lowest BCUT2D eigenvalue weighted by atomic mass is 10.1. The van der Waals surface area contributed by atoms with Gasteiger partial charge in [0, 0.05) is 35.3 Å². The summed E-state index contributed by atoms with van der Waals surface area (Å²) in [6, 6.07) is 4.78. The maximum Gasteiger partial charge on any atom is 0.191 e. The second-order valence-corrected chi connectivity index (χ2v) is 7.33. The largest absolute Gasteiger partial charge is 0.377 e. The number of ether oxygens (including phenoxy) is 1. The van der Waals surface area contributed by atoms with E-state index in [2.05, 4.69) is 49.6 Å². The number of hydrogen-bond acceptors (Lipinski definition) is 3. The number of nitrogens with one attached hydrogen (secondary N) is 2. The Hall–Kier alpha value is -1.33. The van der Waals surface area contributed by atoms with Gasteiger partial charge in [-0.05, 0) is 45.7 Å². The van der Waals surface area contributed by atoms with E-state index in [0.717, 1.165) is 51.5 Å². The Labute approximate surface area is 144 Å². The van der Waals surface area contributed by atoms with Gasteiger partial charge in [-0.25, -0.2) is 0 Å². The lowest BCUT2D eigenvalue weighted by Gasteiger charge is -2.18. The van der Waals surface area contributed by atoms with Crippen molar-refractivity contribution < 1.29 is 4.74 Å². The molecule has 0 aromatic carbocycles. The summed E-state index contributed by atoms with van der Waals surface area (Å²) in [6.45, 7) is 9.79. The third-order valence-electron chi connectivity index (χ3n) is 3.79. The lowest BCUT2D eigenvalue weighted by Crippen LogP contribution is -2.43. The normalized spacial score (nSPS) is 16.8. The van der Waals surface area contributed by atoms with Crippen molar-refractivity contribution in [1.82, 2.24) is 10.6 Å². The number of thiophene rings is 1. The molecule has 2 N–H and O–H groups in total. The zero-order valence-corrected chi connectivity index (χ0v) is 15.3. The van der Waals surface area contributed by atoms with Gasteiger partial charge in [0.1, 0.15) is 0 Å². The van der Waals surface area contributed by atoms with E-state index in [1.165, 1.54) is 15.3 Å². The highest BCUT2D eigenvalue weighted by atomic mass is 32.1. The summed E-state index contributed by atoms with van der Waals surface area (Å²) >= 11 is 1.87. The third kappa shape index (κ3) is 6.75. The van der Waals surface area contributed by atoms with E-state index in [-0.39, 0.29) is 0 Å². The molecule has 4 nitrogen and oxygen atoms in total. The van der Waals surface area contributed by atoms with Crippen LogP contribution in [-0.4, -0.2) is 38.3 Å². The van der Waals surface area contributed by atoms with Crippen LogP contribution in [-0.2, 0) is 11.2 Å². The van der Waals surface area contributed by atoms with Crippen molar-refractivity contribution in [3.8, 4) is 0 Å². The molecule has 2 rings (SSSR count). The highest BCUT2D eigenvalue weighted by Gasteiger charge is 2.08. The molecular formula is C18H29N3OS. The van der Waals surface area contributed by atoms with Gasteiger partial charge in [-0.15, -0.1) is 11.3 Å².